The van der Waals surface area contributed by atoms with Gasteiger partial charge in [-0.3, -0.25) is 4.79 Å². The third kappa shape index (κ3) is 5.40. The summed E-state index contributed by atoms with van der Waals surface area (Å²) in [6.07, 6.45) is 0.622. The molecule has 0 spiro atoms. The third-order valence-electron chi connectivity index (χ3n) is 5.29. The number of aliphatic imine (C=N–C) groups is 1. The molecule has 29 heavy (non-hydrogen) atoms. The Bertz CT molecular complexity index is 744. The van der Waals surface area contributed by atoms with E-state index in [1.165, 1.54) is 11.1 Å². The Morgan fingerprint density at radius 3 is 2.38 bits per heavy atom. The Morgan fingerprint density at radius 1 is 1.00 bits per heavy atom. The maximum atomic E-state index is 12.7. The monoisotopic (exact) mass is 401 g/mol. The lowest BCUT2D eigenvalue weighted by Crippen LogP contribution is -2.54. The maximum absolute atomic E-state index is 12.7. The number of hydrogen-bond donors (Lipinski definition) is 1. The molecule has 2 aliphatic rings. The van der Waals surface area contributed by atoms with Crippen LogP contribution in [0.5, 0.6) is 0 Å². The largest absolute Gasteiger partial charge is 0.450 e. The lowest BCUT2D eigenvalue weighted by Gasteiger charge is -2.36. The standard InChI is InChI=1S/C21H31N5O3/c1-3-22-20(24-11-13-25(14-12-24)21(28)29-4-2)23-15-19(27)26-10-9-17-7-5-6-8-18(17)16-26/h5-8H,3-4,9-16H2,1-2H3,(H,22,23). The Hall–Kier alpha value is -2.77. The van der Waals surface area contributed by atoms with Gasteiger partial charge in [0.25, 0.3) is 0 Å². The first-order valence-corrected chi connectivity index (χ1v) is 10.4. The van der Waals surface area contributed by atoms with Gasteiger partial charge in [0, 0.05) is 45.8 Å². The second kappa shape index (κ2) is 10.1. The molecule has 0 bridgehead atoms. The molecule has 1 fully saturated rings. The number of carbonyl (C=O) groups excluding carboxylic acids is 2. The van der Waals surface area contributed by atoms with Gasteiger partial charge < -0.3 is 24.8 Å². The fourth-order valence-electron chi connectivity index (χ4n) is 3.69. The fourth-order valence-corrected chi connectivity index (χ4v) is 3.69. The highest BCUT2D eigenvalue weighted by atomic mass is 16.6. The lowest BCUT2D eigenvalue weighted by atomic mass is 10.00. The van der Waals surface area contributed by atoms with Crippen molar-refractivity contribution in [1.82, 2.24) is 20.0 Å². The van der Waals surface area contributed by atoms with Crippen LogP contribution in [0.4, 0.5) is 4.79 Å². The van der Waals surface area contributed by atoms with Crippen molar-refractivity contribution in [3.8, 4) is 0 Å². The van der Waals surface area contributed by atoms with E-state index in [1.54, 1.807) is 4.90 Å². The SMILES string of the molecule is CCNC(=NCC(=O)N1CCc2ccccc2C1)N1CCN(C(=O)OCC)CC1. The Labute approximate surface area is 172 Å². The lowest BCUT2D eigenvalue weighted by molar-refractivity contribution is -0.130. The van der Waals surface area contributed by atoms with Gasteiger partial charge in [0.05, 0.1) is 6.61 Å². The number of piperazine rings is 1. The highest BCUT2D eigenvalue weighted by Gasteiger charge is 2.24. The summed E-state index contributed by atoms with van der Waals surface area (Å²) in [6, 6.07) is 8.29. The third-order valence-corrected chi connectivity index (χ3v) is 5.29. The molecule has 2 aliphatic heterocycles. The summed E-state index contributed by atoms with van der Waals surface area (Å²) in [5.41, 5.74) is 2.55. The fraction of sp³-hybridized carbons (Fsp3) is 0.571. The quantitative estimate of drug-likeness (QED) is 0.608. The van der Waals surface area contributed by atoms with Gasteiger partial charge in [-0.25, -0.2) is 9.79 Å². The molecule has 1 aromatic carbocycles. The molecule has 0 unspecified atom stereocenters. The second-order valence-corrected chi connectivity index (χ2v) is 7.18. The van der Waals surface area contributed by atoms with Crippen molar-refractivity contribution >= 4 is 18.0 Å². The number of nitrogens with one attached hydrogen (secondary N) is 1. The van der Waals surface area contributed by atoms with Crippen LogP contribution in [0.15, 0.2) is 29.3 Å². The zero-order valence-corrected chi connectivity index (χ0v) is 17.4. The summed E-state index contributed by atoms with van der Waals surface area (Å²) in [4.78, 5) is 34.8. The first-order valence-electron chi connectivity index (χ1n) is 10.4. The van der Waals surface area contributed by atoms with Gasteiger partial charge in [-0.1, -0.05) is 24.3 Å². The van der Waals surface area contributed by atoms with Crippen molar-refractivity contribution in [2.45, 2.75) is 26.8 Å². The van der Waals surface area contributed by atoms with Gasteiger partial charge in [0.15, 0.2) is 5.96 Å². The van der Waals surface area contributed by atoms with Gasteiger partial charge in [0.2, 0.25) is 5.91 Å². The number of hydrogen-bond acceptors (Lipinski definition) is 4. The van der Waals surface area contributed by atoms with E-state index in [2.05, 4.69) is 27.3 Å². The average Bonchev–Trinajstić information content (AvgIpc) is 2.76. The van der Waals surface area contributed by atoms with Gasteiger partial charge in [0.1, 0.15) is 6.54 Å². The van der Waals surface area contributed by atoms with E-state index in [4.69, 9.17) is 4.74 Å². The minimum Gasteiger partial charge on any atom is -0.450 e. The van der Waals surface area contributed by atoms with Crippen molar-refractivity contribution in [3.05, 3.63) is 35.4 Å². The summed E-state index contributed by atoms with van der Waals surface area (Å²) in [6.45, 7) is 8.93. The Kier molecular flexibility index (Phi) is 7.32. The zero-order valence-electron chi connectivity index (χ0n) is 17.4. The summed E-state index contributed by atoms with van der Waals surface area (Å²) < 4.78 is 5.07. The normalized spacial score (nSPS) is 17.0. The number of amides is 2. The van der Waals surface area contributed by atoms with E-state index < -0.39 is 0 Å². The molecule has 2 amide bonds. The number of fused-ring (bicyclic) bond motifs is 1. The number of ether oxygens (including phenoxy) is 1. The number of benzene rings is 1. The molecule has 2 heterocycles. The van der Waals surface area contributed by atoms with Crippen LogP contribution in [0.25, 0.3) is 0 Å². The first kappa shape index (κ1) is 21.0. The van der Waals surface area contributed by atoms with Crippen LogP contribution in [0, 0.1) is 0 Å². The molecule has 0 atom stereocenters. The van der Waals surface area contributed by atoms with Crippen LogP contribution >= 0.6 is 0 Å². The highest BCUT2D eigenvalue weighted by Crippen LogP contribution is 2.18. The van der Waals surface area contributed by atoms with Crippen LogP contribution in [-0.2, 0) is 22.5 Å². The molecule has 1 N–H and O–H groups in total. The summed E-state index contributed by atoms with van der Waals surface area (Å²) >= 11 is 0. The Balaban J connectivity index is 1.56. The van der Waals surface area contributed by atoms with Crippen LogP contribution in [0.3, 0.4) is 0 Å². The minimum atomic E-state index is -0.269. The molecule has 158 valence electrons. The zero-order chi connectivity index (χ0) is 20.6. The van der Waals surface area contributed by atoms with Gasteiger partial charge in [-0.15, -0.1) is 0 Å². The molecule has 3 rings (SSSR count). The average molecular weight is 402 g/mol. The molecular formula is C21H31N5O3. The summed E-state index contributed by atoms with van der Waals surface area (Å²) in [5, 5.41) is 3.27. The number of nitrogens with zero attached hydrogens (tertiary/aromatic N) is 4. The van der Waals surface area contributed by atoms with Crippen LogP contribution in [0.1, 0.15) is 25.0 Å². The molecule has 0 radical (unpaired) electrons. The van der Waals surface area contributed by atoms with Crippen LogP contribution in [0.2, 0.25) is 0 Å². The number of carbonyl (C=O) groups is 2. The van der Waals surface area contributed by atoms with Gasteiger partial charge >= 0.3 is 6.09 Å². The van der Waals surface area contributed by atoms with Crippen LogP contribution < -0.4 is 5.32 Å². The second-order valence-electron chi connectivity index (χ2n) is 7.18. The van der Waals surface area contributed by atoms with E-state index in [9.17, 15) is 9.59 Å². The first-order chi connectivity index (χ1) is 14.1. The van der Waals surface area contributed by atoms with Crippen molar-refractivity contribution < 1.29 is 14.3 Å². The molecule has 8 nitrogen and oxygen atoms in total. The van der Waals surface area contributed by atoms with Crippen molar-refractivity contribution in [2.75, 3.05) is 52.4 Å². The molecule has 0 saturated carbocycles. The van der Waals surface area contributed by atoms with Crippen molar-refractivity contribution in [1.29, 1.82) is 0 Å². The van der Waals surface area contributed by atoms with E-state index >= 15 is 0 Å². The van der Waals surface area contributed by atoms with E-state index in [0.717, 1.165) is 25.5 Å². The number of rotatable bonds is 4. The molecule has 0 aromatic heterocycles. The molecule has 1 saturated heterocycles. The van der Waals surface area contributed by atoms with E-state index in [1.807, 2.05) is 30.9 Å². The molecular weight excluding hydrogens is 370 g/mol. The van der Waals surface area contributed by atoms with Crippen LogP contribution in [-0.4, -0.2) is 85.1 Å². The van der Waals surface area contributed by atoms with Crippen molar-refractivity contribution in [3.63, 3.8) is 0 Å². The Morgan fingerprint density at radius 2 is 1.69 bits per heavy atom. The smallest absolute Gasteiger partial charge is 0.409 e. The maximum Gasteiger partial charge on any atom is 0.409 e. The minimum absolute atomic E-state index is 0.0417. The van der Waals surface area contributed by atoms with E-state index in [-0.39, 0.29) is 18.5 Å². The molecule has 8 heteroatoms. The van der Waals surface area contributed by atoms with Crippen molar-refractivity contribution in [2.24, 2.45) is 4.99 Å². The molecule has 1 aromatic rings. The predicted molar refractivity (Wildman–Crippen MR) is 112 cm³/mol. The number of guanidine groups is 1. The highest BCUT2D eigenvalue weighted by molar-refractivity contribution is 5.85. The van der Waals surface area contributed by atoms with Gasteiger partial charge in [-0.05, 0) is 31.4 Å². The molecule has 0 aliphatic carbocycles. The topological polar surface area (TPSA) is 77.5 Å². The van der Waals surface area contributed by atoms with E-state index in [0.29, 0.717) is 39.3 Å². The summed E-state index contributed by atoms with van der Waals surface area (Å²) in [7, 11) is 0. The van der Waals surface area contributed by atoms with Gasteiger partial charge in [-0.2, -0.15) is 0 Å². The summed E-state index contributed by atoms with van der Waals surface area (Å²) in [5.74, 6) is 0.766. The predicted octanol–water partition coefficient (Wildman–Crippen LogP) is 1.31.